The molecule has 3 aliphatic heterocycles. The molecule has 2 aromatic carbocycles. The van der Waals surface area contributed by atoms with Crippen molar-refractivity contribution < 1.29 is 47.1 Å². The summed E-state index contributed by atoms with van der Waals surface area (Å²) in [7, 11) is 1.41. The molecular weight excluding hydrogens is 730 g/mol. The van der Waals surface area contributed by atoms with Crippen molar-refractivity contribution in [1.29, 1.82) is 0 Å². The van der Waals surface area contributed by atoms with Crippen LogP contribution in [0.5, 0.6) is 0 Å². The Hall–Kier alpha value is -5.93. The number of carbonyl (C=O) groups excluding carboxylic acids is 7. The van der Waals surface area contributed by atoms with Crippen molar-refractivity contribution in [2.75, 3.05) is 26.7 Å². The van der Waals surface area contributed by atoms with Gasteiger partial charge < -0.3 is 35.4 Å². The highest BCUT2D eigenvalue weighted by molar-refractivity contribution is 5.98. The van der Waals surface area contributed by atoms with Gasteiger partial charge in [0.25, 0.3) is 0 Å². The Labute approximate surface area is 323 Å². The summed E-state index contributed by atoms with van der Waals surface area (Å²) >= 11 is 0. The van der Waals surface area contributed by atoms with E-state index in [1.54, 1.807) is 12.2 Å². The van der Waals surface area contributed by atoms with Crippen LogP contribution in [0.25, 0.3) is 6.08 Å². The molecular formula is C40H46F2N6O8. The largest absolute Gasteiger partial charge is 0.461 e. The predicted octanol–water partition coefficient (Wildman–Crippen LogP) is 1.64. The highest BCUT2D eigenvalue weighted by atomic mass is 19.1. The number of hydrogen-bond acceptors (Lipinski definition) is 8. The van der Waals surface area contributed by atoms with E-state index in [0.29, 0.717) is 18.9 Å². The van der Waals surface area contributed by atoms with Gasteiger partial charge in [-0.05, 0) is 62.8 Å². The van der Waals surface area contributed by atoms with Gasteiger partial charge >= 0.3 is 5.97 Å². The second kappa shape index (κ2) is 18.6. The monoisotopic (exact) mass is 776 g/mol. The number of hydrogen-bond donors (Lipinski definition) is 3. The quantitative estimate of drug-likeness (QED) is 0.206. The fourth-order valence-corrected chi connectivity index (χ4v) is 6.99. The van der Waals surface area contributed by atoms with Gasteiger partial charge in [-0.15, -0.1) is 0 Å². The van der Waals surface area contributed by atoms with E-state index in [9.17, 15) is 42.3 Å². The molecule has 3 heterocycles. The van der Waals surface area contributed by atoms with Crippen LogP contribution in [-0.2, 0) is 44.7 Å². The van der Waals surface area contributed by atoms with E-state index in [1.807, 2.05) is 30.3 Å². The minimum Gasteiger partial charge on any atom is -0.461 e. The number of esters is 1. The molecule has 6 amide bonds. The summed E-state index contributed by atoms with van der Waals surface area (Å²) in [5.74, 6) is -6.83. The number of fused-ring (bicyclic) bond motifs is 2. The zero-order valence-corrected chi connectivity index (χ0v) is 31.4. The number of rotatable bonds is 8. The van der Waals surface area contributed by atoms with E-state index in [0.717, 1.165) is 23.8 Å². The number of nitrogens with zero attached hydrogens (tertiary/aromatic N) is 3. The molecule has 298 valence electrons. The maximum atomic E-state index is 14.3. The molecule has 3 aliphatic rings. The van der Waals surface area contributed by atoms with Crippen molar-refractivity contribution in [3.8, 4) is 0 Å². The Morgan fingerprint density at radius 2 is 1.54 bits per heavy atom. The molecule has 3 N–H and O–H groups in total. The first-order valence-corrected chi connectivity index (χ1v) is 18.5. The minimum absolute atomic E-state index is 0.0262. The number of nitrogens with one attached hydrogen (secondary N) is 3. The van der Waals surface area contributed by atoms with Gasteiger partial charge in [0.1, 0.15) is 54.5 Å². The number of ether oxygens (including phenoxy) is 1. The smallest absolute Gasteiger partial charge is 0.328 e. The van der Waals surface area contributed by atoms with E-state index in [2.05, 4.69) is 16.0 Å². The van der Waals surface area contributed by atoms with Gasteiger partial charge in [-0.3, -0.25) is 28.8 Å². The normalized spacial score (nSPS) is 24.6. The standard InChI is InChI=1S/C40H46F2N6O8/c1-24-37(52)48-18-10-15-33(48)40(55)56-23-31(38(53)47-17-9-14-32(47)39(54)46(3)25(2)35(50)43-24)45-36(51)30(21-27-19-28(41)22-29(42)20-27)44-34(49)16-8-7-13-26-11-5-4-6-12-26/h4-8,11-13,16,19-20,22,24-25,30-33H,9-10,14-15,17-18,21,23H2,1-3H3,(H,43,50)(H,44,49)(H,45,51)/b13-7+,16-8+/t24-,25-,30-,31-,32-,33-/m0/s1. The fraction of sp³-hybridized carbons (Fsp3) is 0.425. The molecule has 6 atom stereocenters. The van der Waals surface area contributed by atoms with Crippen molar-refractivity contribution >= 4 is 47.5 Å². The third-order valence-electron chi connectivity index (χ3n) is 10.1. The number of benzene rings is 2. The van der Waals surface area contributed by atoms with Gasteiger partial charge in [-0.2, -0.15) is 0 Å². The predicted molar refractivity (Wildman–Crippen MR) is 199 cm³/mol. The molecule has 3 saturated heterocycles. The Kier molecular flexibility index (Phi) is 13.7. The molecule has 0 aromatic heterocycles. The summed E-state index contributed by atoms with van der Waals surface area (Å²) in [6.07, 6.45) is 6.92. The van der Waals surface area contributed by atoms with E-state index < -0.39 is 102 Å². The lowest BCUT2D eigenvalue weighted by atomic mass is 10.0. The zero-order valence-electron chi connectivity index (χ0n) is 31.4. The molecule has 0 unspecified atom stereocenters. The van der Waals surface area contributed by atoms with Crippen LogP contribution in [-0.4, -0.2) is 119 Å². The summed E-state index contributed by atoms with van der Waals surface area (Å²) in [5, 5.41) is 7.70. The van der Waals surface area contributed by atoms with Crippen LogP contribution in [0, 0.1) is 11.6 Å². The summed E-state index contributed by atoms with van der Waals surface area (Å²) in [6.45, 7) is 2.58. The van der Waals surface area contributed by atoms with Gasteiger partial charge in [0, 0.05) is 38.7 Å². The van der Waals surface area contributed by atoms with Gasteiger partial charge in [0.15, 0.2) is 0 Å². The fourth-order valence-electron chi connectivity index (χ4n) is 6.99. The van der Waals surface area contributed by atoms with Gasteiger partial charge in [0.2, 0.25) is 35.4 Å². The second-order valence-corrected chi connectivity index (χ2v) is 14.1. The Balaban J connectivity index is 1.43. The second-order valence-electron chi connectivity index (χ2n) is 14.1. The van der Waals surface area contributed by atoms with E-state index in [-0.39, 0.29) is 31.5 Å². The van der Waals surface area contributed by atoms with Crippen molar-refractivity contribution in [2.45, 2.75) is 82.2 Å². The van der Waals surface area contributed by atoms with Crippen LogP contribution in [0.1, 0.15) is 50.7 Å². The average molecular weight is 777 g/mol. The first kappa shape index (κ1) is 41.2. The van der Waals surface area contributed by atoms with Crippen LogP contribution < -0.4 is 16.0 Å². The highest BCUT2D eigenvalue weighted by Crippen LogP contribution is 2.23. The molecule has 0 radical (unpaired) electrons. The maximum absolute atomic E-state index is 14.3. The Morgan fingerprint density at radius 1 is 0.893 bits per heavy atom. The van der Waals surface area contributed by atoms with Gasteiger partial charge in [0.05, 0.1) is 0 Å². The molecule has 0 bridgehead atoms. The maximum Gasteiger partial charge on any atom is 0.328 e. The summed E-state index contributed by atoms with van der Waals surface area (Å²) in [4.78, 5) is 98.9. The first-order valence-electron chi connectivity index (χ1n) is 18.5. The number of allylic oxidation sites excluding steroid dienone is 2. The summed E-state index contributed by atoms with van der Waals surface area (Å²) in [5.41, 5.74) is 0.899. The number of halogens is 2. The third kappa shape index (κ3) is 10.2. The van der Waals surface area contributed by atoms with Crippen LogP contribution in [0.15, 0.2) is 66.8 Å². The summed E-state index contributed by atoms with van der Waals surface area (Å²) in [6, 6.07) is 4.73. The van der Waals surface area contributed by atoms with Crippen molar-refractivity contribution in [3.63, 3.8) is 0 Å². The van der Waals surface area contributed by atoms with E-state index in [4.69, 9.17) is 4.74 Å². The Bertz CT molecular complexity index is 1870. The minimum atomic E-state index is -1.59. The van der Waals surface area contributed by atoms with Gasteiger partial charge in [-0.1, -0.05) is 48.6 Å². The SMILES string of the molecule is C[C@@H]1NC(=O)[C@H](C)N(C)C(=O)[C@@H]2CCCN2C(=O)[C@@H](NC(=O)[C@H](Cc2cc(F)cc(F)c2)NC(=O)/C=C/C=C/c2ccccc2)COC(=O)[C@@H]2CCCN2C1=O. The third-order valence-corrected chi connectivity index (χ3v) is 10.1. The molecule has 16 heteroatoms. The number of cyclic esters (lactones) is 1. The molecule has 0 spiro atoms. The van der Waals surface area contributed by atoms with Gasteiger partial charge in [-0.25, -0.2) is 13.6 Å². The van der Waals surface area contributed by atoms with E-state index >= 15 is 0 Å². The van der Waals surface area contributed by atoms with Crippen molar-refractivity contribution in [3.05, 3.63) is 89.5 Å². The highest BCUT2D eigenvalue weighted by Gasteiger charge is 2.43. The number of likely N-dealkylation sites (N-methyl/N-ethyl adjacent to an activating group) is 1. The molecule has 5 rings (SSSR count). The molecule has 0 saturated carbocycles. The molecule has 14 nitrogen and oxygen atoms in total. The zero-order chi connectivity index (χ0) is 40.5. The lowest BCUT2D eigenvalue weighted by molar-refractivity contribution is -0.158. The molecule has 3 fully saturated rings. The first-order chi connectivity index (χ1) is 26.7. The number of amides is 6. The number of carbonyl (C=O) groups is 7. The lowest BCUT2D eigenvalue weighted by Crippen LogP contribution is -2.60. The van der Waals surface area contributed by atoms with Crippen molar-refractivity contribution in [2.24, 2.45) is 0 Å². The molecule has 56 heavy (non-hydrogen) atoms. The summed E-state index contributed by atoms with van der Waals surface area (Å²) < 4.78 is 34.0. The Morgan fingerprint density at radius 3 is 2.21 bits per heavy atom. The molecule has 2 aromatic rings. The van der Waals surface area contributed by atoms with Crippen molar-refractivity contribution in [1.82, 2.24) is 30.7 Å². The van der Waals surface area contributed by atoms with Crippen LogP contribution in [0.4, 0.5) is 8.78 Å². The van der Waals surface area contributed by atoms with Crippen LogP contribution in [0.3, 0.4) is 0 Å². The topological polar surface area (TPSA) is 175 Å². The lowest BCUT2D eigenvalue weighted by Gasteiger charge is -2.34. The van der Waals surface area contributed by atoms with Crippen LogP contribution in [0.2, 0.25) is 0 Å². The average Bonchev–Trinajstić information content (AvgIpc) is 3.87. The van der Waals surface area contributed by atoms with Crippen LogP contribution >= 0.6 is 0 Å². The molecule has 0 aliphatic carbocycles. The van der Waals surface area contributed by atoms with E-state index in [1.165, 1.54) is 41.7 Å².